The number of hydrogen-bond donors (Lipinski definition) is 1. The van der Waals surface area contributed by atoms with Crippen molar-refractivity contribution < 1.29 is 19.3 Å². The lowest BCUT2D eigenvalue weighted by atomic mass is 10.2. The van der Waals surface area contributed by atoms with Gasteiger partial charge >= 0.3 is 6.09 Å². The Balaban J connectivity index is 2.58. The van der Waals surface area contributed by atoms with Gasteiger partial charge in [0.1, 0.15) is 31.8 Å². The predicted octanol–water partition coefficient (Wildman–Crippen LogP) is -0.0549. The number of amides is 1. The van der Waals surface area contributed by atoms with Crippen LogP contribution in [0.5, 0.6) is 0 Å². The average Bonchev–Trinajstić information content (AvgIpc) is 2.02. The third-order valence-electron chi connectivity index (χ3n) is 2.49. The van der Waals surface area contributed by atoms with Crippen LogP contribution in [0.15, 0.2) is 0 Å². The van der Waals surface area contributed by atoms with Crippen molar-refractivity contribution >= 4 is 6.09 Å². The van der Waals surface area contributed by atoms with Crippen LogP contribution in [0.3, 0.4) is 0 Å². The zero-order valence-corrected chi connectivity index (χ0v) is 9.67. The molecular formula is C10H22N2O2+2. The average molecular weight is 202 g/mol. The van der Waals surface area contributed by atoms with Crippen LogP contribution in [-0.4, -0.2) is 49.4 Å². The molecular weight excluding hydrogens is 180 g/mol. The van der Waals surface area contributed by atoms with Crippen LogP contribution in [0.2, 0.25) is 0 Å². The Kier molecular flexibility index (Phi) is 3.17. The highest BCUT2D eigenvalue weighted by Gasteiger charge is 2.39. The Labute approximate surface area is 85.8 Å². The van der Waals surface area contributed by atoms with E-state index in [1.54, 1.807) is 0 Å². The highest BCUT2D eigenvalue weighted by Crippen LogP contribution is 2.14. The van der Waals surface area contributed by atoms with Gasteiger partial charge in [-0.15, -0.1) is 0 Å². The first-order valence-electron chi connectivity index (χ1n) is 5.23. The van der Waals surface area contributed by atoms with E-state index >= 15 is 0 Å². The molecule has 0 bridgehead atoms. The molecule has 0 aliphatic carbocycles. The summed E-state index contributed by atoms with van der Waals surface area (Å²) < 4.78 is 5.82. The second-order valence-electron chi connectivity index (χ2n) is 5.19. The molecule has 4 nitrogen and oxygen atoms in total. The maximum absolute atomic E-state index is 11.9. The standard InChI is InChI=1S/C10H21N2O2/c1-10(2,3)14-9(13)12(4)7-5-11-6-8-12/h11H,5-8H2,1-4H3/q+1/p+1. The number of ether oxygens (including phenoxy) is 1. The molecule has 0 aromatic heterocycles. The molecule has 1 amide bonds. The van der Waals surface area contributed by atoms with Gasteiger partial charge in [0.2, 0.25) is 0 Å². The lowest BCUT2D eigenvalue weighted by molar-refractivity contribution is -0.896. The zero-order valence-electron chi connectivity index (χ0n) is 9.67. The Morgan fingerprint density at radius 1 is 1.29 bits per heavy atom. The minimum atomic E-state index is -0.375. The summed E-state index contributed by atoms with van der Waals surface area (Å²) in [5, 5.41) is 2.24. The summed E-state index contributed by atoms with van der Waals surface area (Å²) >= 11 is 0. The van der Waals surface area contributed by atoms with Crippen LogP contribution in [0, 0.1) is 0 Å². The number of carbonyl (C=O) groups excluding carboxylic acids is 1. The molecule has 4 heteroatoms. The molecule has 0 saturated carbocycles. The van der Waals surface area contributed by atoms with Crippen molar-refractivity contribution in [3.8, 4) is 0 Å². The quantitative estimate of drug-likeness (QED) is 0.559. The molecule has 1 heterocycles. The first kappa shape index (κ1) is 11.5. The van der Waals surface area contributed by atoms with Crippen molar-refractivity contribution in [2.24, 2.45) is 0 Å². The van der Waals surface area contributed by atoms with Gasteiger partial charge < -0.3 is 10.1 Å². The predicted molar refractivity (Wildman–Crippen MR) is 53.8 cm³/mol. The Morgan fingerprint density at radius 2 is 1.79 bits per heavy atom. The Hall–Kier alpha value is -0.610. The van der Waals surface area contributed by atoms with E-state index < -0.39 is 0 Å². The van der Waals surface area contributed by atoms with Gasteiger partial charge in [0.05, 0.1) is 7.05 Å². The summed E-state index contributed by atoms with van der Waals surface area (Å²) in [5.74, 6) is 0. The molecule has 1 aliphatic rings. The van der Waals surface area contributed by atoms with Crippen molar-refractivity contribution in [2.75, 3.05) is 33.2 Å². The number of hydrogen-bond acceptors (Lipinski definition) is 2. The molecule has 0 aromatic carbocycles. The van der Waals surface area contributed by atoms with E-state index in [0.717, 1.165) is 26.2 Å². The third kappa shape index (κ3) is 2.96. The van der Waals surface area contributed by atoms with Crippen LogP contribution >= 0.6 is 0 Å². The summed E-state index contributed by atoms with van der Waals surface area (Å²) in [6.07, 6.45) is -0.0920. The van der Waals surface area contributed by atoms with Gasteiger partial charge in [-0.1, -0.05) is 0 Å². The smallest absolute Gasteiger partial charge is 0.414 e. The highest BCUT2D eigenvalue weighted by molar-refractivity contribution is 5.60. The van der Waals surface area contributed by atoms with E-state index in [0.29, 0.717) is 4.48 Å². The van der Waals surface area contributed by atoms with Crippen LogP contribution in [0.1, 0.15) is 20.8 Å². The normalized spacial score (nSPS) is 21.7. The molecule has 14 heavy (non-hydrogen) atoms. The second-order valence-corrected chi connectivity index (χ2v) is 5.19. The van der Waals surface area contributed by atoms with Crippen LogP contribution in [0.25, 0.3) is 0 Å². The first-order valence-corrected chi connectivity index (χ1v) is 5.23. The van der Waals surface area contributed by atoms with Gasteiger partial charge in [-0.05, 0) is 20.8 Å². The molecule has 0 unspecified atom stereocenters. The Morgan fingerprint density at radius 3 is 2.21 bits per heavy atom. The van der Waals surface area contributed by atoms with Gasteiger partial charge in [0.25, 0.3) is 0 Å². The summed E-state index contributed by atoms with van der Waals surface area (Å²) in [4.78, 5) is 11.9. The van der Waals surface area contributed by atoms with Crippen molar-refractivity contribution in [3.05, 3.63) is 0 Å². The van der Waals surface area contributed by atoms with Crippen LogP contribution in [0.4, 0.5) is 4.79 Å². The molecule has 0 spiro atoms. The number of carbonyl (C=O) groups is 1. The fourth-order valence-corrected chi connectivity index (χ4v) is 1.56. The minimum Gasteiger partial charge on any atom is -0.414 e. The third-order valence-corrected chi connectivity index (χ3v) is 2.49. The fraction of sp³-hybridized carbons (Fsp3) is 0.900. The van der Waals surface area contributed by atoms with Crippen molar-refractivity contribution in [1.82, 2.24) is 0 Å². The zero-order chi connectivity index (χ0) is 10.8. The molecule has 2 N–H and O–H groups in total. The minimum absolute atomic E-state index is 0.0920. The molecule has 0 atom stereocenters. The van der Waals surface area contributed by atoms with Crippen molar-refractivity contribution in [1.29, 1.82) is 0 Å². The van der Waals surface area contributed by atoms with E-state index in [1.807, 2.05) is 27.8 Å². The number of nitrogens with zero attached hydrogens (tertiary/aromatic N) is 1. The number of rotatable bonds is 0. The molecule has 0 aromatic rings. The summed E-state index contributed by atoms with van der Waals surface area (Å²) in [5.41, 5.74) is -0.375. The molecule has 1 rings (SSSR count). The molecule has 1 fully saturated rings. The van der Waals surface area contributed by atoms with Crippen molar-refractivity contribution in [2.45, 2.75) is 26.4 Å². The first-order chi connectivity index (χ1) is 6.33. The number of piperazine rings is 1. The van der Waals surface area contributed by atoms with E-state index in [4.69, 9.17) is 4.74 Å². The molecule has 82 valence electrons. The van der Waals surface area contributed by atoms with E-state index in [1.165, 1.54) is 0 Å². The maximum Gasteiger partial charge on any atom is 0.516 e. The van der Waals surface area contributed by atoms with Crippen LogP contribution < -0.4 is 5.32 Å². The lowest BCUT2D eigenvalue weighted by Gasteiger charge is -2.34. The van der Waals surface area contributed by atoms with Gasteiger partial charge in [-0.3, -0.25) is 0 Å². The molecule has 1 aliphatic heterocycles. The van der Waals surface area contributed by atoms with Gasteiger partial charge in [0, 0.05) is 0 Å². The maximum atomic E-state index is 11.9. The van der Waals surface area contributed by atoms with Gasteiger partial charge in [-0.2, -0.15) is 4.79 Å². The SMILES string of the molecule is CC(C)(C)OC(=O)[N+]1(C)CC[NH2+]CC1. The van der Waals surface area contributed by atoms with Crippen LogP contribution in [-0.2, 0) is 4.74 Å². The number of likely N-dealkylation sites (N-methyl/N-ethyl adjacent to an activating group) is 1. The topological polar surface area (TPSA) is 42.9 Å². The van der Waals surface area contributed by atoms with Gasteiger partial charge in [-0.25, -0.2) is 4.48 Å². The fourth-order valence-electron chi connectivity index (χ4n) is 1.56. The number of quaternary nitrogens is 2. The van der Waals surface area contributed by atoms with Gasteiger partial charge in [0.15, 0.2) is 0 Å². The van der Waals surface area contributed by atoms with E-state index in [9.17, 15) is 4.79 Å². The summed E-state index contributed by atoms with van der Waals surface area (Å²) in [6, 6.07) is 0. The second kappa shape index (κ2) is 3.87. The Bertz CT molecular complexity index is 215. The van der Waals surface area contributed by atoms with E-state index in [-0.39, 0.29) is 11.7 Å². The van der Waals surface area contributed by atoms with Crippen molar-refractivity contribution in [3.63, 3.8) is 0 Å². The largest absolute Gasteiger partial charge is 0.516 e. The number of nitrogens with two attached hydrogens (primary N) is 1. The summed E-state index contributed by atoms with van der Waals surface area (Å²) in [6.45, 7) is 9.49. The van der Waals surface area contributed by atoms with E-state index in [2.05, 4.69) is 5.32 Å². The monoisotopic (exact) mass is 202 g/mol. The lowest BCUT2D eigenvalue weighted by Crippen LogP contribution is -2.92. The summed E-state index contributed by atoms with van der Waals surface area (Å²) in [7, 11) is 1.96. The molecule has 0 radical (unpaired) electrons. The molecule has 1 saturated heterocycles. The highest BCUT2D eigenvalue weighted by atomic mass is 16.6.